The van der Waals surface area contributed by atoms with E-state index >= 15 is 0 Å². The van der Waals surface area contributed by atoms with Crippen LogP contribution in [0, 0.1) is 6.92 Å². The zero-order chi connectivity index (χ0) is 22.6. The molecular formula is C22H28ClN3O4S2. The highest BCUT2D eigenvalue weighted by atomic mass is 35.5. The summed E-state index contributed by atoms with van der Waals surface area (Å²) < 4.78 is 32.2. The molecule has 1 aromatic heterocycles. The molecule has 1 amide bonds. The minimum Gasteiger partial charge on any atom is -0.492 e. The zero-order valence-corrected chi connectivity index (χ0v) is 21.0. The predicted octanol–water partition coefficient (Wildman–Crippen LogP) is 3.79. The van der Waals surface area contributed by atoms with Crippen LogP contribution in [0.3, 0.4) is 0 Å². The Kier molecular flexibility index (Phi) is 9.03. The summed E-state index contributed by atoms with van der Waals surface area (Å²) in [5.74, 6) is -0.466. The number of benzene rings is 2. The molecule has 10 heteroatoms. The van der Waals surface area contributed by atoms with E-state index in [9.17, 15) is 13.2 Å². The van der Waals surface area contributed by atoms with Crippen LogP contribution in [-0.2, 0) is 14.6 Å². The summed E-state index contributed by atoms with van der Waals surface area (Å²) in [6.45, 7) is 5.19. The predicted molar refractivity (Wildman–Crippen MR) is 132 cm³/mol. The summed E-state index contributed by atoms with van der Waals surface area (Å²) in [6, 6.07) is 12.2. The molecule has 0 radical (unpaired) electrons. The van der Waals surface area contributed by atoms with E-state index in [1.165, 1.54) is 28.4 Å². The van der Waals surface area contributed by atoms with E-state index in [-0.39, 0.29) is 17.3 Å². The van der Waals surface area contributed by atoms with Gasteiger partial charge >= 0.3 is 0 Å². The fourth-order valence-electron chi connectivity index (χ4n) is 3.00. The Labute approximate surface area is 199 Å². The smallest absolute Gasteiger partial charge is 0.244 e. The van der Waals surface area contributed by atoms with Crippen LogP contribution in [-0.4, -0.2) is 63.8 Å². The van der Waals surface area contributed by atoms with Gasteiger partial charge in [-0.3, -0.25) is 9.69 Å². The van der Waals surface area contributed by atoms with Crippen LogP contribution in [0.5, 0.6) is 5.75 Å². The van der Waals surface area contributed by atoms with Crippen molar-refractivity contribution in [3.63, 3.8) is 0 Å². The number of fused-ring (bicyclic) bond motifs is 1. The van der Waals surface area contributed by atoms with E-state index in [0.717, 1.165) is 10.3 Å². The van der Waals surface area contributed by atoms with Crippen molar-refractivity contribution >= 4 is 54.8 Å². The van der Waals surface area contributed by atoms with Crippen molar-refractivity contribution in [3.8, 4) is 5.75 Å². The molecule has 0 unspecified atom stereocenters. The lowest BCUT2D eigenvalue weighted by molar-refractivity contribution is -0.116. The third-order valence-electron chi connectivity index (χ3n) is 4.67. The summed E-state index contributed by atoms with van der Waals surface area (Å²) in [5.41, 5.74) is 1.63. The number of hydrogen-bond donors (Lipinski definition) is 0. The third-order valence-corrected chi connectivity index (χ3v) is 7.33. The standard InChI is InChI=1S/C22H27N3O4S2.ClH/c1-5-29-18-7-6-8-19-21(18)23-22(30-19)25(14-13-24(3)4)20(26)15-31(27,28)17-11-9-16(2)10-12-17;/h6-12H,5,13-15H2,1-4H3;1H. The number of para-hydroxylation sites is 1. The average molecular weight is 498 g/mol. The number of amides is 1. The minimum atomic E-state index is -3.77. The number of thiazole rings is 1. The van der Waals surface area contributed by atoms with Crippen LogP contribution in [0.4, 0.5) is 5.13 Å². The number of halogens is 1. The number of nitrogens with zero attached hydrogens (tertiary/aromatic N) is 3. The zero-order valence-electron chi connectivity index (χ0n) is 18.6. The Hall–Kier alpha value is -2.20. The van der Waals surface area contributed by atoms with Gasteiger partial charge in [0.1, 0.15) is 17.0 Å². The topological polar surface area (TPSA) is 79.8 Å². The van der Waals surface area contributed by atoms with E-state index in [2.05, 4.69) is 4.98 Å². The van der Waals surface area contributed by atoms with Gasteiger partial charge in [-0.05, 0) is 52.2 Å². The number of carbonyl (C=O) groups is 1. The number of ether oxygens (including phenoxy) is 1. The van der Waals surface area contributed by atoms with Crippen molar-refractivity contribution in [1.29, 1.82) is 0 Å². The molecule has 0 saturated carbocycles. The van der Waals surface area contributed by atoms with Crippen molar-refractivity contribution in [3.05, 3.63) is 48.0 Å². The van der Waals surface area contributed by atoms with Crippen LogP contribution in [0.2, 0.25) is 0 Å². The fraction of sp³-hybridized carbons (Fsp3) is 0.364. The highest BCUT2D eigenvalue weighted by Gasteiger charge is 2.27. The molecule has 0 aliphatic heterocycles. The lowest BCUT2D eigenvalue weighted by Crippen LogP contribution is -2.40. The average Bonchev–Trinajstić information content (AvgIpc) is 3.13. The summed E-state index contributed by atoms with van der Waals surface area (Å²) in [4.78, 5) is 21.3. The molecule has 0 N–H and O–H groups in total. The number of likely N-dealkylation sites (N-methyl/N-ethyl adjacent to an activating group) is 1. The molecule has 0 atom stereocenters. The molecule has 7 nitrogen and oxygen atoms in total. The molecule has 0 spiro atoms. The van der Waals surface area contributed by atoms with Crippen LogP contribution in [0.1, 0.15) is 12.5 Å². The van der Waals surface area contributed by atoms with Gasteiger partial charge in [-0.2, -0.15) is 0 Å². The molecule has 2 aromatic carbocycles. The number of sulfone groups is 1. The molecule has 3 aromatic rings. The van der Waals surface area contributed by atoms with E-state index in [1.807, 2.05) is 51.0 Å². The van der Waals surface area contributed by atoms with Crippen LogP contribution >= 0.6 is 23.7 Å². The quantitative estimate of drug-likeness (QED) is 0.447. The highest BCUT2D eigenvalue weighted by Crippen LogP contribution is 2.34. The SMILES string of the molecule is CCOc1cccc2sc(N(CCN(C)C)C(=O)CS(=O)(=O)c3ccc(C)cc3)nc12.Cl. The van der Waals surface area contributed by atoms with E-state index in [1.54, 1.807) is 12.1 Å². The van der Waals surface area contributed by atoms with Gasteiger partial charge in [0.2, 0.25) is 5.91 Å². The highest BCUT2D eigenvalue weighted by molar-refractivity contribution is 7.92. The van der Waals surface area contributed by atoms with Crippen molar-refractivity contribution in [2.24, 2.45) is 0 Å². The van der Waals surface area contributed by atoms with E-state index in [0.29, 0.717) is 36.1 Å². The number of aromatic nitrogens is 1. The van der Waals surface area contributed by atoms with Crippen molar-refractivity contribution in [1.82, 2.24) is 9.88 Å². The Bertz CT molecular complexity index is 1160. The first-order valence-electron chi connectivity index (χ1n) is 9.98. The summed E-state index contributed by atoms with van der Waals surface area (Å²) in [6.07, 6.45) is 0. The molecule has 0 fully saturated rings. The molecule has 3 rings (SSSR count). The maximum Gasteiger partial charge on any atom is 0.244 e. The number of aryl methyl sites for hydroxylation is 1. The van der Waals surface area contributed by atoms with Gasteiger partial charge in [0.15, 0.2) is 15.0 Å². The fourth-order valence-corrected chi connectivity index (χ4v) is 5.22. The Morgan fingerprint density at radius 3 is 2.41 bits per heavy atom. The van der Waals surface area contributed by atoms with E-state index in [4.69, 9.17) is 4.74 Å². The van der Waals surface area contributed by atoms with Gasteiger partial charge in [0.05, 0.1) is 16.2 Å². The number of anilines is 1. The van der Waals surface area contributed by atoms with Gasteiger partial charge in [-0.25, -0.2) is 13.4 Å². The van der Waals surface area contributed by atoms with Gasteiger partial charge in [0, 0.05) is 13.1 Å². The maximum atomic E-state index is 13.2. The first kappa shape index (κ1) is 26.1. The first-order chi connectivity index (χ1) is 14.7. The second-order valence-corrected chi connectivity index (χ2v) is 10.5. The molecule has 0 aliphatic carbocycles. The van der Waals surface area contributed by atoms with E-state index < -0.39 is 21.5 Å². The van der Waals surface area contributed by atoms with Gasteiger partial charge in [0.25, 0.3) is 0 Å². The van der Waals surface area contributed by atoms with Crippen LogP contribution < -0.4 is 9.64 Å². The number of hydrogen-bond acceptors (Lipinski definition) is 7. The van der Waals surface area contributed by atoms with Gasteiger partial charge < -0.3 is 9.64 Å². The number of carbonyl (C=O) groups excluding carboxylic acids is 1. The number of rotatable bonds is 9. The van der Waals surface area contributed by atoms with Gasteiger partial charge in [-0.15, -0.1) is 12.4 Å². The molecule has 0 saturated heterocycles. The van der Waals surface area contributed by atoms with Crippen LogP contribution in [0.25, 0.3) is 10.2 Å². The van der Waals surface area contributed by atoms with Crippen molar-refractivity contribution < 1.29 is 17.9 Å². The molecule has 0 bridgehead atoms. The van der Waals surface area contributed by atoms with Crippen molar-refractivity contribution in [2.75, 3.05) is 44.4 Å². The summed E-state index contributed by atoms with van der Waals surface area (Å²) in [7, 11) is 0.0327. The van der Waals surface area contributed by atoms with Crippen molar-refractivity contribution in [2.45, 2.75) is 18.7 Å². The Balaban J connectivity index is 0.00000363. The molecular weight excluding hydrogens is 470 g/mol. The normalized spacial score (nSPS) is 11.4. The summed E-state index contributed by atoms with van der Waals surface area (Å²) in [5, 5.41) is 0.466. The molecule has 0 aliphatic rings. The first-order valence-corrected chi connectivity index (χ1v) is 12.4. The monoisotopic (exact) mass is 497 g/mol. The Morgan fingerprint density at radius 2 is 1.78 bits per heavy atom. The minimum absolute atomic E-state index is 0. The molecule has 174 valence electrons. The van der Waals surface area contributed by atoms with Gasteiger partial charge in [-0.1, -0.05) is 35.1 Å². The Morgan fingerprint density at radius 1 is 1.09 bits per heavy atom. The third kappa shape index (κ3) is 6.19. The molecule has 32 heavy (non-hydrogen) atoms. The lowest BCUT2D eigenvalue weighted by atomic mass is 10.2. The van der Waals surface area contributed by atoms with Crippen LogP contribution in [0.15, 0.2) is 47.4 Å². The largest absolute Gasteiger partial charge is 0.492 e. The maximum absolute atomic E-state index is 13.2. The summed E-state index contributed by atoms with van der Waals surface area (Å²) >= 11 is 1.35. The lowest BCUT2D eigenvalue weighted by Gasteiger charge is -2.22. The second kappa shape index (κ2) is 11.1. The molecule has 1 heterocycles. The second-order valence-electron chi connectivity index (χ2n) is 7.45.